The van der Waals surface area contributed by atoms with Gasteiger partial charge in [0.05, 0.1) is 4.75 Å². The van der Waals surface area contributed by atoms with Crippen LogP contribution >= 0.6 is 11.8 Å². The van der Waals surface area contributed by atoms with Gasteiger partial charge in [0.1, 0.15) is 5.82 Å². The van der Waals surface area contributed by atoms with E-state index in [1.165, 1.54) is 31.4 Å². The van der Waals surface area contributed by atoms with Crippen LogP contribution in [-0.2, 0) is 4.75 Å². The monoisotopic (exact) mass is 281 g/mol. The van der Waals surface area contributed by atoms with Crippen LogP contribution in [0.2, 0.25) is 0 Å². The van der Waals surface area contributed by atoms with Crippen molar-refractivity contribution in [2.75, 3.05) is 30.8 Å². The third-order valence-corrected chi connectivity index (χ3v) is 5.91. The molecule has 2 aliphatic rings. The first-order valence-corrected chi connectivity index (χ1v) is 8.19. The minimum atomic E-state index is 0.147. The van der Waals surface area contributed by atoms with Crippen molar-refractivity contribution >= 4 is 17.7 Å². The molecule has 19 heavy (non-hydrogen) atoms. The first-order chi connectivity index (χ1) is 9.21. The van der Waals surface area contributed by atoms with Crippen molar-refractivity contribution in [3.05, 3.63) is 5.82 Å². The quantitative estimate of drug-likeness (QED) is 0.884. The van der Waals surface area contributed by atoms with Crippen LogP contribution in [-0.4, -0.2) is 47.1 Å². The van der Waals surface area contributed by atoms with Crippen molar-refractivity contribution in [1.29, 1.82) is 0 Å². The van der Waals surface area contributed by atoms with E-state index in [2.05, 4.69) is 27.3 Å². The zero-order valence-corrected chi connectivity index (χ0v) is 12.6. The van der Waals surface area contributed by atoms with Gasteiger partial charge >= 0.3 is 0 Å². The van der Waals surface area contributed by atoms with E-state index in [4.69, 9.17) is 4.98 Å². The van der Waals surface area contributed by atoms with Gasteiger partial charge in [0, 0.05) is 19.1 Å². The molecule has 2 aliphatic heterocycles. The van der Waals surface area contributed by atoms with Crippen molar-refractivity contribution in [3.8, 4) is 0 Å². The molecular formula is C13H23N5S. The molecule has 1 atom stereocenters. The molecule has 2 N–H and O–H groups in total. The number of nitrogens with zero attached hydrogens (tertiary/aromatic N) is 3. The largest absolute Gasteiger partial charge is 0.339 e. The Kier molecular flexibility index (Phi) is 3.71. The fourth-order valence-electron chi connectivity index (χ4n) is 2.96. The Morgan fingerprint density at radius 3 is 2.84 bits per heavy atom. The number of piperidine rings is 1. The molecule has 1 aromatic heterocycles. The van der Waals surface area contributed by atoms with Crippen molar-refractivity contribution in [2.45, 2.75) is 43.4 Å². The third kappa shape index (κ3) is 2.60. The summed E-state index contributed by atoms with van der Waals surface area (Å²) >= 11 is 2.00. The van der Waals surface area contributed by atoms with Crippen LogP contribution in [0.5, 0.6) is 0 Å². The highest BCUT2D eigenvalue weighted by Crippen LogP contribution is 2.44. The lowest BCUT2D eigenvalue weighted by atomic mass is 10.1. The highest BCUT2D eigenvalue weighted by atomic mass is 32.2. The molecular weight excluding hydrogens is 258 g/mol. The van der Waals surface area contributed by atoms with Gasteiger partial charge in [-0.05, 0) is 45.4 Å². The van der Waals surface area contributed by atoms with Gasteiger partial charge in [-0.25, -0.2) is 0 Å². The molecule has 106 valence electrons. The Hall–Kier alpha value is -0.750. The number of hydrogen-bond donors (Lipinski definition) is 2. The minimum absolute atomic E-state index is 0.147. The normalized spacial score (nSPS) is 29.1. The van der Waals surface area contributed by atoms with E-state index in [1.807, 2.05) is 18.8 Å². The number of aromatic amines is 1. The second-order valence-corrected chi connectivity index (χ2v) is 7.31. The summed E-state index contributed by atoms with van der Waals surface area (Å²) in [5, 5.41) is 11.0. The summed E-state index contributed by atoms with van der Waals surface area (Å²) in [4.78, 5) is 7.06. The smallest absolute Gasteiger partial charge is 0.244 e. The lowest BCUT2D eigenvalue weighted by molar-refractivity contribution is 0.439. The number of nitrogens with one attached hydrogen (secondary N) is 2. The van der Waals surface area contributed by atoms with Gasteiger partial charge in [0.15, 0.2) is 0 Å². The first-order valence-electron chi connectivity index (χ1n) is 7.20. The molecule has 0 aliphatic carbocycles. The molecule has 0 radical (unpaired) electrons. The van der Waals surface area contributed by atoms with E-state index < -0.39 is 0 Å². The lowest BCUT2D eigenvalue weighted by Gasteiger charge is -2.30. The maximum Gasteiger partial charge on any atom is 0.244 e. The summed E-state index contributed by atoms with van der Waals surface area (Å²) in [7, 11) is 2.05. The maximum absolute atomic E-state index is 4.76. The molecule has 1 aromatic rings. The van der Waals surface area contributed by atoms with Crippen LogP contribution < -0.4 is 10.2 Å². The molecule has 0 aromatic carbocycles. The molecule has 0 saturated carbocycles. The average molecular weight is 281 g/mol. The molecule has 3 heterocycles. The number of H-pyrrole nitrogens is 1. The zero-order chi connectivity index (χ0) is 13.3. The average Bonchev–Trinajstić information content (AvgIpc) is 3.08. The van der Waals surface area contributed by atoms with Crippen molar-refractivity contribution < 1.29 is 0 Å². The zero-order valence-electron chi connectivity index (χ0n) is 11.8. The second-order valence-electron chi connectivity index (χ2n) is 5.72. The number of aromatic nitrogens is 3. The van der Waals surface area contributed by atoms with Gasteiger partial charge < -0.3 is 10.2 Å². The Bertz CT molecular complexity index is 418. The molecule has 0 amide bonds. The van der Waals surface area contributed by atoms with Crippen LogP contribution in [0.4, 0.5) is 5.95 Å². The van der Waals surface area contributed by atoms with E-state index in [9.17, 15) is 0 Å². The van der Waals surface area contributed by atoms with Crippen molar-refractivity contribution in [2.24, 2.45) is 0 Å². The predicted octanol–water partition coefficient (Wildman–Crippen LogP) is 1.74. The molecule has 2 fully saturated rings. The fourth-order valence-corrected chi connectivity index (χ4v) is 4.22. The van der Waals surface area contributed by atoms with Crippen LogP contribution in [0.15, 0.2) is 0 Å². The molecule has 2 saturated heterocycles. The Labute approximate surface area is 118 Å². The van der Waals surface area contributed by atoms with Crippen LogP contribution in [0, 0.1) is 0 Å². The summed E-state index contributed by atoms with van der Waals surface area (Å²) in [5.74, 6) is 3.18. The maximum atomic E-state index is 4.76. The Balaban J connectivity index is 1.68. The number of hydrogen-bond acceptors (Lipinski definition) is 5. The van der Waals surface area contributed by atoms with E-state index >= 15 is 0 Å². The summed E-state index contributed by atoms with van der Waals surface area (Å²) < 4.78 is 0.147. The van der Waals surface area contributed by atoms with Gasteiger partial charge in [-0.3, -0.25) is 5.10 Å². The van der Waals surface area contributed by atoms with E-state index in [0.29, 0.717) is 6.04 Å². The number of rotatable bonds is 3. The van der Waals surface area contributed by atoms with Crippen molar-refractivity contribution in [3.63, 3.8) is 0 Å². The summed E-state index contributed by atoms with van der Waals surface area (Å²) in [6.45, 7) is 4.38. The van der Waals surface area contributed by atoms with Gasteiger partial charge in [0.2, 0.25) is 5.95 Å². The number of anilines is 1. The van der Waals surface area contributed by atoms with Crippen LogP contribution in [0.1, 0.15) is 38.4 Å². The second kappa shape index (κ2) is 5.32. The first kappa shape index (κ1) is 13.2. The van der Waals surface area contributed by atoms with Gasteiger partial charge in [-0.15, -0.1) is 16.9 Å². The SMILES string of the molecule is CNC1CCN(c2n[nH]c(C3(C)CCCS3)n2)CC1. The predicted molar refractivity (Wildman–Crippen MR) is 79.7 cm³/mol. The summed E-state index contributed by atoms with van der Waals surface area (Å²) in [5.41, 5.74) is 0. The molecule has 5 nitrogen and oxygen atoms in total. The topological polar surface area (TPSA) is 56.8 Å². The molecule has 3 rings (SSSR count). The van der Waals surface area contributed by atoms with Gasteiger partial charge in [-0.1, -0.05) is 0 Å². The fraction of sp³-hybridized carbons (Fsp3) is 0.846. The van der Waals surface area contributed by atoms with Crippen LogP contribution in [0.3, 0.4) is 0 Å². The van der Waals surface area contributed by atoms with E-state index in [-0.39, 0.29) is 4.75 Å². The minimum Gasteiger partial charge on any atom is -0.339 e. The summed E-state index contributed by atoms with van der Waals surface area (Å²) in [6, 6.07) is 0.651. The van der Waals surface area contributed by atoms with E-state index in [0.717, 1.165) is 24.9 Å². The molecule has 0 bridgehead atoms. The Morgan fingerprint density at radius 2 is 2.21 bits per heavy atom. The lowest BCUT2D eigenvalue weighted by Crippen LogP contribution is -2.41. The molecule has 1 unspecified atom stereocenters. The standard InChI is InChI=1S/C13H23N5S/c1-13(6-3-9-19-13)11-15-12(17-16-11)18-7-4-10(14-2)5-8-18/h10,14H,3-9H2,1-2H3,(H,15,16,17). The number of thioether (sulfide) groups is 1. The van der Waals surface area contributed by atoms with Gasteiger partial charge in [-0.2, -0.15) is 4.98 Å². The summed E-state index contributed by atoms with van der Waals surface area (Å²) in [6.07, 6.45) is 4.83. The molecule has 6 heteroatoms. The Morgan fingerprint density at radius 1 is 1.42 bits per heavy atom. The highest BCUT2D eigenvalue weighted by Gasteiger charge is 2.35. The third-order valence-electron chi connectivity index (χ3n) is 4.38. The van der Waals surface area contributed by atoms with Crippen molar-refractivity contribution in [1.82, 2.24) is 20.5 Å². The molecule has 0 spiro atoms. The van der Waals surface area contributed by atoms with Crippen LogP contribution in [0.25, 0.3) is 0 Å². The van der Waals surface area contributed by atoms with E-state index in [1.54, 1.807) is 0 Å². The highest BCUT2D eigenvalue weighted by molar-refractivity contribution is 8.00. The van der Waals surface area contributed by atoms with Gasteiger partial charge in [0.25, 0.3) is 0 Å².